The van der Waals surface area contributed by atoms with Crippen molar-refractivity contribution in [3.8, 4) is 0 Å². The highest BCUT2D eigenvalue weighted by Crippen LogP contribution is 2.21. The van der Waals surface area contributed by atoms with Crippen LogP contribution in [-0.2, 0) is 23.9 Å². The number of esters is 1. The molecule has 1 saturated heterocycles. The number of carboxylic acids is 2. The molecule has 1 rings (SSSR count). The number of nitrogens with two attached hydrogens (primary N) is 1. The summed E-state index contributed by atoms with van der Waals surface area (Å²) in [7, 11) is 1.35. The SMILES string of the molecule is COC(=O)C[C@@H]1CN(C(=O)OC(C)(C)C)CC[C@@H]1N.O=C(O)C(=O)O. The van der Waals surface area contributed by atoms with E-state index in [-0.39, 0.29) is 30.4 Å². The van der Waals surface area contributed by atoms with Crippen molar-refractivity contribution in [1.29, 1.82) is 0 Å². The lowest BCUT2D eigenvalue weighted by molar-refractivity contribution is -0.159. The molecule has 2 atom stereocenters. The number of aliphatic carboxylic acids is 2. The van der Waals surface area contributed by atoms with Crippen molar-refractivity contribution in [3.63, 3.8) is 0 Å². The van der Waals surface area contributed by atoms with Crippen molar-refractivity contribution < 1.29 is 38.9 Å². The molecule has 1 aliphatic rings. The fourth-order valence-electron chi connectivity index (χ4n) is 2.06. The molecular weight excluding hydrogens is 336 g/mol. The molecule has 1 heterocycles. The third-order valence-corrected chi connectivity index (χ3v) is 3.28. The number of methoxy groups -OCH3 is 1. The molecule has 144 valence electrons. The molecule has 1 amide bonds. The maximum absolute atomic E-state index is 12.0. The Morgan fingerprint density at radius 3 is 2.08 bits per heavy atom. The maximum Gasteiger partial charge on any atom is 0.414 e. The zero-order valence-electron chi connectivity index (χ0n) is 14.9. The minimum absolute atomic E-state index is 0.0753. The average Bonchev–Trinajstić information content (AvgIpc) is 2.48. The maximum atomic E-state index is 12.0. The number of carbonyl (C=O) groups is 4. The molecule has 10 heteroatoms. The number of ether oxygens (including phenoxy) is 2. The van der Waals surface area contributed by atoms with Crippen LogP contribution < -0.4 is 5.73 Å². The molecule has 4 N–H and O–H groups in total. The monoisotopic (exact) mass is 362 g/mol. The van der Waals surface area contributed by atoms with Gasteiger partial charge in [0.05, 0.1) is 13.5 Å². The zero-order chi connectivity index (χ0) is 19.8. The van der Waals surface area contributed by atoms with E-state index in [2.05, 4.69) is 4.74 Å². The second-order valence-electron chi connectivity index (χ2n) is 6.53. The summed E-state index contributed by atoms with van der Waals surface area (Å²) in [6.45, 7) is 6.48. The van der Waals surface area contributed by atoms with E-state index in [9.17, 15) is 9.59 Å². The van der Waals surface area contributed by atoms with Crippen molar-refractivity contribution in [2.75, 3.05) is 20.2 Å². The van der Waals surface area contributed by atoms with E-state index >= 15 is 0 Å². The predicted molar refractivity (Wildman–Crippen MR) is 85.8 cm³/mol. The van der Waals surface area contributed by atoms with Crippen LogP contribution in [0.3, 0.4) is 0 Å². The Morgan fingerprint density at radius 1 is 1.16 bits per heavy atom. The van der Waals surface area contributed by atoms with Gasteiger partial charge in [-0.05, 0) is 27.2 Å². The largest absolute Gasteiger partial charge is 0.473 e. The van der Waals surface area contributed by atoms with Crippen LogP contribution in [0, 0.1) is 5.92 Å². The lowest BCUT2D eigenvalue weighted by Gasteiger charge is -2.37. The van der Waals surface area contributed by atoms with Gasteiger partial charge in [-0.25, -0.2) is 14.4 Å². The van der Waals surface area contributed by atoms with Crippen LogP contribution in [0.5, 0.6) is 0 Å². The van der Waals surface area contributed by atoms with E-state index in [0.717, 1.165) is 0 Å². The van der Waals surface area contributed by atoms with Crippen molar-refractivity contribution in [1.82, 2.24) is 4.90 Å². The first-order valence-corrected chi connectivity index (χ1v) is 7.64. The molecular formula is C15H26N2O8. The number of hydrogen-bond acceptors (Lipinski definition) is 7. The second kappa shape index (κ2) is 9.82. The van der Waals surface area contributed by atoms with E-state index in [0.29, 0.717) is 19.5 Å². The molecule has 25 heavy (non-hydrogen) atoms. The van der Waals surface area contributed by atoms with Gasteiger partial charge in [0.25, 0.3) is 0 Å². The normalized spacial score (nSPS) is 20.0. The molecule has 0 saturated carbocycles. The summed E-state index contributed by atoms with van der Waals surface area (Å²) in [6.07, 6.45) is 0.548. The molecule has 0 aromatic carbocycles. The molecule has 10 nitrogen and oxygen atoms in total. The van der Waals surface area contributed by atoms with Crippen molar-refractivity contribution in [3.05, 3.63) is 0 Å². The van der Waals surface area contributed by atoms with Gasteiger partial charge in [0.2, 0.25) is 0 Å². The molecule has 0 bridgehead atoms. The minimum Gasteiger partial charge on any atom is -0.473 e. The highest BCUT2D eigenvalue weighted by Gasteiger charge is 2.33. The quantitative estimate of drug-likeness (QED) is 0.464. The first-order valence-electron chi connectivity index (χ1n) is 7.64. The van der Waals surface area contributed by atoms with Crippen LogP contribution in [0.15, 0.2) is 0 Å². The summed E-state index contributed by atoms with van der Waals surface area (Å²) >= 11 is 0. The number of likely N-dealkylation sites (tertiary alicyclic amines) is 1. The Morgan fingerprint density at radius 2 is 1.68 bits per heavy atom. The summed E-state index contributed by atoms with van der Waals surface area (Å²) in [4.78, 5) is 43.1. The topological polar surface area (TPSA) is 156 Å². The van der Waals surface area contributed by atoms with Gasteiger partial charge in [0.15, 0.2) is 0 Å². The predicted octanol–water partition coefficient (Wildman–Crippen LogP) is 0.289. The Bertz CT molecular complexity index is 488. The highest BCUT2D eigenvalue weighted by molar-refractivity contribution is 6.27. The second-order valence-corrected chi connectivity index (χ2v) is 6.53. The van der Waals surface area contributed by atoms with E-state index in [1.165, 1.54) is 7.11 Å². The Balaban J connectivity index is 0.000000823. The Kier molecular flexibility index (Phi) is 8.89. The first-order chi connectivity index (χ1) is 11.4. The van der Waals surface area contributed by atoms with Gasteiger partial charge in [0.1, 0.15) is 5.60 Å². The van der Waals surface area contributed by atoms with Gasteiger partial charge in [-0.15, -0.1) is 0 Å². The summed E-state index contributed by atoms with van der Waals surface area (Å²) in [5.74, 6) is -4.02. The van der Waals surface area contributed by atoms with Gasteiger partial charge >= 0.3 is 24.0 Å². The molecule has 0 aromatic rings. The molecule has 0 radical (unpaired) electrons. The van der Waals surface area contributed by atoms with Crippen LogP contribution in [0.2, 0.25) is 0 Å². The van der Waals surface area contributed by atoms with Gasteiger partial charge in [-0.2, -0.15) is 0 Å². The van der Waals surface area contributed by atoms with Gasteiger partial charge in [-0.3, -0.25) is 4.79 Å². The molecule has 1 aliphatic heterocycles. The van der Waals surface area contributed by atoms with Crippen LogP contribution in [0.1, 0.15) is 33.6 Å². The number of nitrogens with zero attached hydrogens (tertiary/aromatic N) is 1. The summed E-state index contributed by atoms with van der Waals surface area (Å²) < 4.78 is 9.97. The van der Waals surface area contributed by atoms with E-state index in [1.54, 1.807) is 4.90 Å². The number of hydrogen-bond donors (Lipinski definition) is 3. The van der Waals surface area contributed by atoms with Crippen LogP contribution in [-0.4, -0.2) is 71.0 Å². The smallest absolute Gasteiger partial charge is 0.414 e. The zero-order valence-corrected chi connectivity index (χ0v) is 14.9. The molecule has 0 unspecified atom stereocenters. The molecule has 1 fully saturated rings. The minimum atomic E-state index is -1.82. The van der Waals surface area contributed by atoms with E-state index in [4.69, 9.17) is 30.3 Å². The lowest BCUT2D eigenvalue weighted by atomic mass is 9.90. The number of rotatable bonds is 2. The Hall–Kier alpha value is -2.36. The fourth-order valence-corrected chi connectivity index (χ4v) is 2.06. The van der Waals surface area contributed by atoms with Crippen LogP contribution in [0.4, 0.5) is 4.79 Å². The van der Waals surface area contributed by atoms with E-state index in [1.807, 2.05) is 20.8 Å². The van der Waals surface area contributed by atoms with E-state index < -0.39 is 17.5 Å². The molecule has 0 spiro atoms. The molecule has 0 aliphatic carbocycles. The molecule has 0 aromatic heterocycles. The Labute approximate surface area is 145 Å². The van der Waals surface area contributed by atoms with Crippen molar-refractivity contribution >= 4 is 24.0 Å². The summed E-state index contributed by atoms with van der Waals surface area (Å²) in [6, 6.07) is -0.0854. The van der Waals surface area contributed by atoms with Gasteiger partial charge < -0.3 is 30.3 Å². The number of carbonyl (C=O) groups excluding carboxylic acids is 2. The third-order valence-electron chi connectivity index (χ3n) is 3.28. The number of amides is 1. The summed E-state index contributed by atoms with van der Waals surface area (Å²) in [5, 5.41) is 14.8. The summed E-state index contributed by atoms with van der Waals surface area (Å²) in [5.41, 5.74) is 5.47. The lowest BCUT2D eigenvalue weighted by Crippen LogP contribution is -2.50. The van der Waals surface area contributed by atoms with Crippen molar-refractivity contribution in [2.45, 2.75) is 45.3 Å². The standard InChI is InChI=1S/C13H24N2O4.C2H2O4/c1-13(2,3)19-12(17)15-6-5-10(14)9(8-15)7-11(16)18-4;3-1(4)2(5)6/h9-10H,5-8,14H2,1-4H3;(H,3,4)(H,5,6)/t9-,10+;/m1./s1. The van der Waals surface area contributed by atoms with Crippen LogP contribution in [0.25, 0.3) is 0 Å². The number of carboxylic acid groups (broad SMARTS) is 2. The highest BCUT2D eigenvalue weighted by atomic mass is 16.6. The van der Waals surface area contributed by atoms with Crippen molar-refractivity contribution in [2.24, 2.45) is 11.7 Å². The average molecular weight is 362 g/mol. The number of piperidine rings is 1. The fraction of sp³-hybridized carbons (Fsp3) is 0.733. The first kappa shape index (κ1) is 22.6. The van der Waals surface area contributed by atoms with Gasteiger partial charge in [0, 0.05) is 25.0 Å². The third kappa shape index (κ3) is 9.50. The van der Waals surface area contributed by atoms with Gasteiger partial charge in [-0.1, -0.05) is 0 Å². The van der Waals surface area contributed by atoms with Crippen LogP contribution >= 0.6 is 0 Å².